The van der Waals surface area contributed by atoms with Crippen LogP contribution < -0.4 is 10.6 Å². The molecule has 7 heteroatoms. The van der Waals surface area contributed by atoms with Crippen LogP contribution >= 0.6 is 33.9 Å². The molecule has 5 nitrogen and oxygen atoms in total. The van der Waals surface area contributed by atoms with Crippen molar-refractivity contribution >= 4 is 44.8 Å². The van der Waals surface area contributed by atoms with Gasteiger partial charge < -0.3 is 20.6 Å². The van der Waals surface area contributed by atoms with Crippen LogP contribution in [0.2, 0.25) is 0 Å². The third kappa shape index (κ3) is 2.58. The van der Waals surface area contributed by atoms with E-state index in [1.165, 1.54) is 10.4 Å². The smallest absolute Gasteiger partial charge is 0.256 e. The summed E-state index contributed by atoms with van der Waals surface area (Å²) < 4.78 is 1.03. The van der Waals surface area contributed by atoms with Gasteiger partial charge in [-0.3, -0.25) is 4.79 Å². The van der Waals surface area contributed by atoms with E-state index in [1.807, 2.05) is 19.1 Å². The van der Waals surface area contributed by atoms with E-state index in [2.05, 4.69) is 45.2 Å². The fraction of sp³-hybridized carbons (Fsp3) is 0.353. The Bertz CT molecular complexity index is 849. The predicted molar refractivity (Wildman–Crippen MR) is 104 cm³/mol. The number of phenols is 1. The molecule has 4 rings (SSSR count). The number of hydrogen-bond donors (Lipinski definition) is 3. The topological polar surface area (TPSA) is 64.6 Å². The lowest BCUT2D eigenvalue weighted by Crippen LogP contribution is -2.38. The summed E-state index contributed by atoms with van der Waals surface area (Å²) in [6, 6.07) is 3.84. The second-order valence-electron chi connectivity index (χ2n) is 6.41. The number of thiophene rings is 1. The Morgan fingerprint density at radius 3 is 2.96 bits per heavy atom. The molecule has 2 aliphatic heterocycles. The highest BCUT2D eigenvalue weighted by molar-refractivity contribution is 14.1. The second kappa shape index (κ2) is 5.89. The summed E-state index contributed by atoms with van der Waals surface area (Å²) in [5.74, 6) is 0.185. The van der Waals surface area contributed by atoms with Crippen LogP contribution in [-0.4, -0.2) is 29.5 Å². The molecule has 0 unspecified atom stereocenters. The van der Waals surface area contributed by atoms with Crippen molar-refractivity contribution in [3.05, 3.63) is 42.8 Å². The highest BCUT2D eigenvalue weighted by atomic mass is 127. The Kier molecular flexibility index (Phi) is 3.97. The van der Waals surface area contributed by atoms with E-state index in [0.717, 1.165) is 39.2 Å². The minimum absolute atomic E-state index is 0.0493. The van der Waals surface area contributed by atoms with Gasteiger partial charge in [-0.15, -0.1) is 11.3 Å². The van der Waals surface area contributed by atoms with Gasteiger partial charge in [-0.05, 0) is 66.2 Å². The van der Waals surface area contributed by atoms with Gasteiger partial charge in [0.2, 0.25) is 0 Å². The molecule has 2 aromatic rings. The van der Waals surface area contributed by atoms with E-state index < -0.39 is 6.17 Å². The molecule has 0 aliphatic carbocycles. The summed E-state index contributed by atoms with van der Waals surface area (Å²) in [4.78, 5) is 16.3. The van der Waals surface area contributed by atoms with E-state index >= 15 is 0 Å². The normalized spacial score (nSPS) is 20.1. The van der Waals surface area contributed by atoms with Crippen molar-refractivity contribution in [3.8, 4) is 5.75 Å². The zero-order chi connectivity index (χ0) is 17.0. The molecule has 1 amide bonds. The molecular formula is C17H18IN3O2S. The highest BCUT2D eigenvalue weighted by Crippen LogP contribution is 2.42. The van der Waals surface area contributed by atoms with Crippen molar-refractivity contribution in [2.75, 3.05) is 18.9 Å². The van der Waals surface area contributed by atoms with Crippen LogP contribution in [0.1, 0.15) is 38.1 Å². The van der Waals surface area contributed by atoms with Crippen LogP contribution in [-0.2, 0) is 13.0 Å². The molecule has 0 fully saturated rings. The molecule has 0 spiro atoms. The van der Waals surface area contributed by atoms with Gasteiger partial charge in [0, 0.05) is 27.1 Å². The van der Waals surface area contributed by atoms with E-state index in [0.29, 0.717) is 5.56 Å². The van der Waals surface area contributed by atoms with Crippen LogP contribution in [0.5, 0.6) is 5.75 Å². The molecule has 24 heavy (non-hydrogen) atoms. The van der Waals surface area contributed by atoms with Crippen LogP contribution in [0.3, 0.4) is 0 Å². The summed E-state index contributed by atoms with van der Waals surface area (Å²) in [7, 11) is 2.10. The molecule has 0 radical (unpaired) electrons. The third-order valence-corrected chi connectivity index (χ3v) is 6.40. The standard InChI is InChI=1S/C17H18IN3O2S/c1-8-5-9(18)6-11(14(8)22)15-19-16(23)13-10-3-4-21(2)7-12(10)24-17(13)20-15/h5-6,15,20,22H,3-4,7H2,1-2H3,(H,19,23)/t15-/m1/s1. The van der Waals surface area contributed by atoms with Gasteiger partial charge in [0.25, 0.3) is 5.91 Å². The van der Waals surface area contributed by atoms with E-state index in [-0.39, 0.29) is 11.7 Å². The Morgan fingerprint density at radius 2 is 2.17 bits per heavy atom. The van der Waals surface area contributed by atoms with Crippen LogP contribution in [0.25, 0.3) is 0 Å². The summed E-state index contributed by atoms with van der Waals surface area (Å²) in [6.45, 7) is 3.74. The van der Waals surface area contributed by atoms with Crippen molar-refractivity contribution in [1.82, 2.24) is 10.2 Å². The largest absolute Gasteiger partial charge is 0.507 e. The molecule has 3 heterocycles. The zero-order valence-electron chi connectivity index (χ0n) is 13.4. The van der Waals surface area contributed by atoms with Gasteiger partial charge in [0.1, 0.15) is 16.9 Å². The van der Waals surface area contributed by atoms with Crippen LogP contribution in [0, 0.1) is 10.5 Å². The van der Waals surface area contributed by atoms with Crippen molar-refractivity contribution in [2.24, 2.45) is 0 Å². The average molecular weight is 455 g/mol. The number of nitrogens with zero attached hydrogens (tertiary/aromatic N) is 1. The molecule has 0 bridgehead atoms. The maximum Gasteiger partial charge on any atom is 0.256 e. The van der Waals surface area contributed by atoms with E-state index in [9.17, 15) is 9.90 Å². The number of amides is 1. The number of hydrogen-bond acceptors (Lipinski definition) is 5. The zero-order valence-corrected chi connectivity index (χ0v) is 16.4. The molecule has 1 aromatic carbocycles. The Labute approximate surface area is 158 Å². The molecule has 126 valence electrons. The third-order valence-electron chi connectivity index (χ3n) is 4.63. The molecule has 2 aliphatic rings. The molecule has 0 saturated carbocycles. The van der Waals surface area contributed by atoms with Crippen molar-refractivity contribution < 1.29 is 9.90 Å². The molecule has 0 saturated heterocycles. The minimum atomic E-state index is -0.406. The molecular weight excluding hydrogens is 437 g/mol. The van der Waals surface area contributed by atoms with Crippen molar-refractivity contribution in [1.29, 1.82) is 0 Å². The lowest BCUT2D eigenvalue weighted by Gasteiger charge is -2.28. The number of halogens is 1. The number of aromatic hydroxyl groups is 1. The average Bonchev–Trinajstić information content (AvgIpc) is 2.88. The van der Waals surface area contributed by atoms with Crippen molar-refractivity contribution in [2.45, 2.75) is 26.1 Å². The summed E-state index contributed by atoms with van der Waals surface area (Å²) in [5, 5.41) is 17.8. The lowest BCUT2D eigenvalue weighted by atomic mass is 10.00. The maximum absolute atomic E-state index is 12.7. The quantitative estimate of drug-likeness (QED) is 0.578. The predicted octanol–water partition coefficient (Wildman–Crippen LogP) is 3.21. The number of phenolic OH excluding ortho intramolecular Hbond substituents is 1. The van der Waals surface area contributed by atoms with Crippen LogP contribution in [0.4, 0.5) is 5.00 Å². The van der Waals surface area contributed by atoms with Gasteiger partial charge in [0.05, 0.1) is 5.56 Å². The minimum Gasteiger partial charge on any atom is -0.507 e. The lowest BCUT2D eigenvalue weighted by molar-refractivity contribution is 0.0934. The SMILES string of the molecule is Cc1cc(I)cc([C@@H]2NC(=O)c3c(sc4c3CCN(C)C4)N2)c1O. The highest BCUT2D eigenvalue weighted by Gasteiger charge is 2.33. The number of benzene rings is 1. The summed E-state index contributed by atoms with van der Waals surface area (Å²) in [6.07, 6.45) is 0.502. The fourth-order valence-corrected chi connectivity index (χ4v) is 5.54. The molecule has 1 atom stereocenters. The first kappa shape index (κ1) is 16.2. The first-order valence-corrected chi connectivity index (χ1v) is 9.73. The Morgan fingerprint density at radius 1 is 1.38 bits per heavy atom. The number of fused-ring (bicyclic) bond motifs is 3. The Balaban J connectivity index is 1.74. The number of carbonyl (C=O) groups excluding carboxylic acids is 1. The first-order chi connectivity index (χ1) is 11.4. The van der Waals surface area contributed by atoms with Crippen molar-refractivity contribution in [3.63, 3.8) is 0 Å². The monoisotopic (exact) mass is 455 g/mol. The van der Waals surface area contributed by atoms with E-state index in [1.54, 1.807) is 11.3 Å². The summed E-state index contributed by atoms with van der Waals surface area (Å²) >= 11 is 3.89. The summed E-state index contributed by atoms with van der Waals surface area (Å²) in [5.41, 5.74) is 3.49. The number of carbonyl (C=O) groups is 1. The maximum atomic E-state index is 12.7. The van der Waals surface area contributed by atoms with Gasteiger partial charge in [-0.2, -0.15) is 0 Å². The number of likely N-dealkylation sites (N-methyl/N-ethyl adjacent to an activating group) is 1. The van der Waals surface area contributed by atoms with E-state index in [4.69, 9.17) is 0 Å². The van der Waals surface area contributed by atoms with Gasteiger partial charge >= 0.3 is 0 Å². The van der Waals surface area contributed by atoms with Gasteiger partial charge in [-0.25, -0.2) is 0 Å². The molecule has 1 aromatic heterocycles. The Hall–Kier alpha value is -1.32. The number of nitrogens with one attached hydrogen (secondary N) is 2. The van der Waals surface area contributed by atoms with Crippen LogP contribution in [0.15, 0.2) is 12.1 Å². The molecule has 3 N–H and O–H groups in total. The first-order valence-electron chi connectivity index (χ1n) is 7.83. The fourth-order valence-electron chi connectivity index (χ4n) is 3.38. The van der Waals surface area contributed by atoms with Gasteiger partial charge in [-0.1, -0.05) is 0 Å². The number of anilines is 1. The number of rotatable bonds is 1. The van der Waals surface area contributed by atoms with Gasteiger partial charge in [0.15, 0.2) is 0 Å². The number of aryl methyl sites for hydroxylation is 1. The second-order valence-corrected chi connectivity index (χ2v) is 8.76.